The molecule has 0 amide bonds. The van der Waals surface area contributed by atoms with Crippen molar-refractivity contribution in [3.8, 4) is 5.75 Å². The predicted molar refractivity (Wildman–Crippen MR) is 87.4 cm³/mol. The van der Waals surface area contributed by atoms with Crippen LogP contribution in [0, 0.1) is 5.92 Å². The molecule has 0 saturated carbocycles. The molecule has 0 fully saturated rings. The summed E-state index contributed by atoms with van der Waals surface area (Å²) in [4.78, 5) is 0. The van der Waals surface area contributed by atoms with Crippen LogP contribution in [0.1, 0.15) is 39.2 Å². The third-order valence-corrected chi connectivity index (χ3v) is 3.17. The van der Waals surface area contributed by atoms with Gasteiger partial charge in [0.1, 0.15) is 11.9 Å². The maximum absolute atomic E-state index is 6.21. The Bertz CT molecular complexity index is 387. The highest BCUT2D eigenvalue weighted by Gasteiger charge is 2.11. The first kappa shape index (κ1) is 16.8. The van der Waals surface area contributed by atoms with E-state index in [4.69, 9.17) is 4.74 Å². The van der Waals surface area contributed by atoms with Gasteiger partial charge in [0.15, 0.2) is 0 Å². The summed E-state index contributed by atoms with van der Waals surface area (Å²) in [5.41, 5.74) is 1.22. The van der Waals surface area contributed by atoms with E-state index in [1.54, 1.807) is 0 Å². The van der Waals surface area contributed by atoms with Crippen LogP contribution >= 0.6 is 0 Å². The molecule has 0 heterocycles. The fourth-order valence-electron chi connectivity index (χ4n) is 2.18. The number of allylic oxidation sites excluding steroid dienone is 1. The lowest BCUT2D eigenvalue weighted by molar-refractivity contribution is 0.183. The van der Waals surface area contributed by atoms with Gasteiger partial charge in [0, 0.05) is 6.54 Å². The van der Waals surface area contributed by atoms with Gasteiger partial charge < -0.3 is 10.1 Å². The molecular formula is C18H29NO. The van der Waals surface area contributed by atoms with Crippen molar-refractivity contribution in [2.45, 2.75) is 46.1 Å². The van der Waals surface area contributed by atoms with Crippen molar-refractivity contribution in [2.24, 2.45) is 5.92 Å². The average molecular weight is 275 g/mol. The van der Waals surface area contributed by atoms with Gasteiger partial charge in [-0.15, -0.1) is 6.58 Å². The maximum Gasteiger partial charge on any atom is 0.123 e. The maximum atomic E-state index is 6.21. The van der Waals surface area contributed by atoms with Gasteiger partial charge in [0.2, 0.25) is 0 Å². The van der Waals surface area contributed by atoms with Crippen LogP contribution in [-0.4, -0.2) is 19.2 Å². The molecule has 1 atom stereocenters. The molecule has 0 saturated heterocycles. The van der Waals surface area contributed by atoms with E-state index in [0.717, 1.165) is 38.1 Å². The summed E-state index contributed by atoms with van der Waals surface area (Å²) < 4.78 is 6.21. The molecule has 0 bridgehead atoms. The minimum Gasteiger partial charge on any atom is -0.489 e. The number of rotatable bonds is 10. The van der Waals surface area contributed by atoms with E-state index in [1.807, 2.05) is 12.1 Å². The standard InChI is InChI=1S/C18H29NO/c1-5-9-16-11-7-8-12-18(16)20-17(10-6-2)14-19-13-15(3)4/h5,7-8,11-12,15,17,19H,1,6,9-10,13-14H2,2-4H3. The summed E-state index contributed by atoms with van der Waals surface area (Å²) in [5.74, 6) is 1.67. The van der Waals surface area contributed by atoms with Crippen molar-refractivity contribution in [2.75, 3.05) is 13.1 Å². The second kappa shape index (κ2) is 9.60. The molecule has 0 aliphatic carbocycles. The third-order valence-electron chi connectivity index (χ3n) is 3.17. The zero-order valence-electron chi connectivity index (χ0n) is 13.2. The quantitative estimate of drug-likeness (QED) is 0.646. The van der Waals surface area contributed by atoms with Gasteiger partial charge in [0.05, 0.1) is 0 Å². The lowest BCUT2D eigenvalue weighted by Gasteiger charge is -2.21. The lowest BCUT2D eigenvalue weighted by Crippen LogP contribution is -2.33. The van der Waals surface area contributed by atoms with Gasteiger partial charge in [-0.25, -0.2) is 0 Å². The van der Waals surface area contributed by atoms with Gasteiger partial charge in [-0.3, -0.25) is 0 Å². The van der Waals surface area contributed by atoms with Crippen LogP contribution in [0.2, 0.25) is 0 Å². The Kier molecular flexibility index (Phi) is 8.05. The number of nitrogens with one attached hydrogen (secondary N) is 1. The van der Waals surface area contributed by atoms with E-state index >= 15 is 0 Å². The van der Waals surface area contributed by atoms with Crippen LogP contribution in [0.15, 0.2) is 36.9 Å². The van der Waals surface area contributed by atoms with Crippen molar-refractivity contribution in [1.29, 1.82) is 0 Å². The minimum atomic E-state index is 0.240. The molecule has 0 aliphatic heterocycles. The SMILES string of the molecule is C=CCc1ccccc1OC(CCC)CNCC(C)C. The van der Waals surface area contributed by atoms with Crippen LogP contribution < -0.4 is 10.1 Å². The highest BCUT2D eigenvalue weighted by molar-refractivity contribution is 5.34. The monoisotopic (exact) mass is 275 g/mol. The molecule has 2 heteroatoms. The summed E-state index contributed by atoms with van der Waals surface area (Å²) in [5, 5.41) is 3.50. The van der Waals surface area contributed by atoms with Gasteiger partial charge in [-0.1, -0.05) is 51.5 Å². The molecule has 0 spiro atoms. The molecule has 20 heavy (non-hydrogen) atoms. The Morgan fingerprint density at radius 3 is 2.65 bits per heavy atom. The fourth-order valence-corrected chi connectivity index (χ4v) is 2.18. The predicted octanol–water partition coefficient (Wildman–Crippen LogP) is 4.21. The minimum absolute atomic E-state index is 0.240. The Morgan fingerprint density at radius 1 is 1.25 bits per heavy atom. The lowest BCUT2D eigenvalue weighted by atomic mass is 10.1. The Balaban J connectivity index is 2.62. The first-order chi connectivity index (χ1) is 9.67. The highest BCUT2D eigenvalue weighted by atomic mass is 16.5. The highest BCUT2D eigenvalue weighted by Crippen LogP contribution is 2.21. The van der Waals surface area contributed by atoms with Gasteiger partial charge in [0.25, 0.3) is 0 Å². The Labute approximate surface area is 124 Å². The summed E-state index contributed by atoms with van der Waals surface area (Å²) in [6, 6.07) is 8.26. The molecule has 0 aliphatic rings. The zero-order valence-corrected chi connectivity index (χ0v) is 13.2. The molecule has 1 N–H and O–H groups in total. The van der Waals surface area contributed by atoms with E-state index in [9.17, 15) is 0 Å². The second-order valence-electron chi connectivity index (χ2n) is 5.68. The van der Waals surface area contributed by atoms with Gasteiger partial charge >= 0.3 is 0 Å². The number of benzene rings is 1. The van der Waals surface area contributed by atoms with Crippen molar-refractivity contribution in [1.82, 2.24) is 5.32 Å². The Hall–Kier alpha value is -1.28. The van der Waals surface area contributed by atoms with E-state index in [2.05, 4.69) is 50.9 Å². The molecule has 0 aromatic heterocycles. The van der Waals surface area contributed by atoms with Crippen LogP contribution in [0.3, 0.4) is 0 Å². The van der Waals surface area contributed by atoms with Crippen LogP contribution in [0.4, 0.5) is 0 Å². The summed E-state index contributed by atoms with van der Waals surface area (Å²) in [6.07, 6.45) is 5.23. The molecule has 1 aromatic rings. The first-order valence-electron chi connectivity index (χ1n) is 7.73. The topological polar surface area (TPSA) is 21.3 Å². The van der Waals surface area contributed by atoms with Gasteiger partial charge in [-0.2, -0.15) is 0 Å². The fraction of sp³-hybridized carbons (Fsp3) is 0.556. The van der Waals surface area contributed by atoms with Crippen molar-refractivity contribution in [3.63, 3.8) is 0 Å². The smallest absolute Gasteiger partial charge is 0.123 e. The average Bonchev–Trinajstić information content (AvgIpc) is 2.41. The molecular weight excluding hydrogens is 246 g/mol. The summed E-state index contributed by atoms with van der Waals surface area (Å²) >= 11 is 0. The van der Waals surface area contributed by atoms with E-state index < -0.39 is 0 Å². The zero-order chi connectivity index (χ0) is 14.8. The second-order valence-corrected chi connectivity index (χ2v) is 5.68. The van der Waals surface area contributed by atoms with E-state index in [-0.39, 0.29) is 6.10 Å². The van der Waals surface area contributed by atoms with E-state index in [1.165, 1.54) is 5.56 Å². The molecule has 1 aromatic carbocycles. The largest absolute Gasteiger partial charge is 0.489 e. The van der Waals surface area contributed by atoms with Crippen molar-refractivity contribution >= 4 is 0 Å². The van der Waals surface area contributed by atoms with Crippen LogP contribution in [-0.2, 0) is 6.42 Å². The van der Waals surface area contributed by atoms with E-state index in [0.29, 0.717) is 5.92 Å². The molecule has 1 unspecified atom stereocenters. The number of hydrogen-bond acceptors (Lipinski definition) is 2. The van der Waals surface area contributed by atoms with Crippen LogP contribution in [0.25, 0.3) is 0 Å². The molecule has 2 nitrogen and oxygen atoms in total. The number of para-hydroxylation sites is 1. The molecule has 0 radical (unpaired) electrons. The number of ether oxygens (including phenoxy) is 1. The first-order valence-corrected chi connectivity index (χ1v) is 7.73. The normalized spacial score (nSPS) is 12.4. The van der Waals surface area contributed by atoms with Crippen LogP contribution in [0.5, 0.6) is 5.75 Å². The van der Waals surface area contributed by atoms with Crippen molar-refractivity contribution < 1.29 is 4.74 Å². The number of hydrogen-bond donors (Lipinski definition) is 1. The van der Waals surface area contributed by atoms with Gasteiger partial charge in [-0.05, 0) is 36.9 Å². The van der Waals surface area contributed by atoms with Crippen molar-refractivity contribution in [3.05, 3.63) is 42.5 Å². The summed E-state index contributed by atoms with van der Waals surface area (Å²) in [6.45, 7) is 12.4. The molecule has 1 rings (SSSR count). The Morgan fingerprint density at radius 2 is 2.00 bits per heavy atom. The third kappa shape index (κ3) is 6.25. The molecule has 112 valence electrons. The summed E-state index contributed by atoms with van der Waals surface area (Å²) in [7, 11) is 0.